The van der Waals surface area contributed by atoms with Crippen LogP contribution in [0, 0.1) is 0 Å². The Bertz CT molecular complexity index is 721. The van der Waals surface area contributed by atoms with Gasteiger partial charge >= 0.3 is 0 Å². The Morgan fingerprint density at radius 3 is 2.84 bits per heavy atom. The fourth-order valence-electron chi connectivity index (χ4n) is 1.45. The molecule has 0 spiro atoms. The van der Waals surface area contributed by atoms with Gasteiger partial charge in [-0.25, -0.2) is 17.6 Å². The molecule has 1 heterocycles. The lowest BCUT2D eigenvalue weighted by atomic mass is 10.3. The van der Waals surface area contributed by atoms with E-state index >= 15 is 0 Å². The molecule has 2 N–H and O–H groups in total. The summed E-state index contributed by atoms with van der Waals surface area (Å²) in [5.74, 6) is -0.121. The van der Waals surface area contributed by atoms with Crippen LogP contribution in [0.2, 0.25) is 0 Å². The van der Waals surface area contributed by atoms with Crippen LogP contribution in [-0.2, 0) is 20.6 Å². The minimum atomic E-state index is -3.14. The van der Waals surface area contributed by atoms with Gasteiger partial charge in [-0.15, -0.1) is 0 Å². The molecular formula is C11H14N2O4S2. The molecule has 0 aliphatic carbocycles. The van der Waals surface area contributed by atoms with E-state index in [4.69, 9.17) is 10.2 Å². The molecule has 1 aromatic heterocycles. The third kappa shape index (κ3) is 3.32. The molecular weight excluding hydrogens is 288 g/mol. The first kappa shape index (κ1) is 14.0. The molecule has 1 atom stereocenters. The van der Waals surface area contributed by atoms with Crippen molar-refractivity contribution in [2.75, 3.05) is 23.0 Å². The summed E-state index contributed by atoms with van der Waals surface area (Å²) in [5, 5.41) is 0.0342. The van der Waals surface area contributed by atoms with Crippen LogP contribution in [0.4, 0.5) is 5.69 Å². The van der Waals surface area contributed by atoms with Gasteiger partial charge in [-0.2, -0.15) is 0 Å². The topological polar surface area (TPSA) is 103 Å². The zero-order valence-corrected chi connectivity index (χ0v) is 12.0. The van der Waals surface area contributed by atoms with Crippen LogP contribution in [0.1, 0.15) is 6.92 Å². The zero-order valence-electron chi connectivity index (χ0n) is 10.3. The Hall–Kier alpha value is -1.41. The minimum absolute atomic E-state index is 0.0154. The van der Waals surface area contributed by atoms with Gasteiger partial charge in [-0.1, -0.05) is 6.92 Å². The second-order valence-electron chi connectivity index (χ2n) is 3.99. The van der Waals surface area contributed by atoms with Crippen LogP contribution in [0.15, 0.2) is 27.8 Å². The summed E-state index contributed by atoms with van der Waals surface area (Å²) in [4.78, 5) is 4.06. The minimum Gasteiger partial charge on any atom is -0.430 e. The van der Waals surface area contributed by atoms with Gasteiger partial charge in [0.05, 0.1) is 5.75 Å². The first-order chi connectivity index (χ1) is 8.91. The molecule has 0 aliphatic rings. The second kappa shape index (κ2) is 5.30. The number of nitrogens with zero attached hydrogens (tertiary/aromatic N) is 1. The van der Waals surface area contributed by atoms with Crippen molar-refractivity contribution in [1.82, 2.24) is 4.98 Å². The van der Waals surface area contributed by atoms with E-state index in [1.54, 1.807) is 25.1 Å². The van der Waals surface area contributed by atoms with Crippen LogP contribution in [0.5, 0.6) is 0 Å². The van der Waals surface area contributed by atoms with E-state index in [-0.39, 0.29) is 22.5 Å². The number of sulfone groups is 1. The maximum Gasteiger partial charge on any atom is 0.287 e. The number of nitrogen functional groups attached to an aromatic ring is 1. The average Bonchev–Trinajstić information content (AvgIpc) is 2.79. The highest BCUT2D eigenvalue weighted by molar-refractivity contribution is 7.93. The Labute approximate surface area is 113 Å². The van der Waals surface area contributed by atoms with E-state index < -0.39 is 20.6 Å². The Morgan fingerprint density at radius 1 is 1.42 bits per heavy atom. The number of rotatable bonds is 5. The van der Waals surface area contributed by atoms with Gasteiger partial charge in [-0.05, 0) is 12.1 Å². The molecule has 8 heteroatoms. The van der Waals surface area contributed by atoms with Crippen molar-refractivity contribution in [1.29, 1.82) is 0 Å². The Balaban J connectivity index is 2.18. The molecule has 1 aromatic carbocycles. The van der Waals surface area contributed by atoms with Gasteiger partial charge in [0.15, 0.2) is 15.4 Å². The number of hydrogen-bond acceptors (Lipinski definition) is 6. The van der Waals surface area contributed by atoms with Gasteiger partial charge in [0, 0.05) is 23.3 Å². The number of nitrogens with two attached hydrogens (primary N) is 1. The van der Waals surface area contributed by atoms with Crippen molar-refractivity contribution in [3.8, 4) is 0 Å². The maximum absolute atomic E-state index is 11.9. The summed E-state index contributed by atoms with van der Waals surface area (Å²) in [5.41, 5.74) is 7.12. The lowest BCUT2D eigenvalue weighted by molar-refractivity contribution is 0.478. The van der Waals surface area contributed by atoms with Gasteiger partial charge in [-0.3, -0.25) is 0 Å². The number of benzene rings is 1. The van der Waals surface area contributed by atoms with Crippen molar-refractivity contribution in [3.63, 3.8) is 0 Å². The predicted octanol–water partition coefficient (Wildman–Crippen LogP) is 0.952. The van der Waals surface area contributed by atoms with Crippen molar-refractivity contribution in [2.24, 2.45) is 0 Å². The van der Waals surface area contributed by atoms with Crippen LogP contribution in [0.3, 0.4) is 0 Å². The molecule has 19 heavy (non-hydrogen) atoms. The van der Waals surface area contributed by atoms with Crippen LogP contribution in [-0.4, -0.2) is 34.9 Å². The maximum atomic E-state index is 11.9. The molecule has 1 unspecified atom stereocenters. The summed E-state index contributed by atoms with van der Waals surface area (Å²) >= 11 is 0. The van der Waals surface area contributed by atoms with E-state index in [1.165, 1.54) is 0 Å². The molecule has 0 fully saturated rings. The SMILES string of the molecule is CCS(=O)(=O)CCS(=O)c1nc2ccc(N)cc2o1. The van der Waals surface area contributed by atoms with E-state index in [0.717, 1.165) is 0 Å². The lowest BCUT2D eigenvalue weighted by Gasteiger charge is -1.98. The number of anilines is 1. The highest BCUT2D eigenvalue weighted by atomic mass is 32.2. The number of fused-ring (bicyclic) bond motifs is 1. The molecule has 104 valence electrons. The first-order valence-electron chi connectivity index (χ1n) is 5.66. The molecule has 2 aromatic rings. The van der Waals surface area contributed by atoms with E-state index in [1.807, 2.05) is 0 Å². The van der Waals surface area contributed by atoms with Gasteiger partial charge in [0.2, 0.25) is 0 Å². The summed E-state index contributed by atoms with van der Waals surface area (Å²) in [6.07, 6.45) is 0. The molecule has 0 saturated carbocycles. The van der Waals surface area contributed by atoms with Crippen LogP contribution < -0.4 is 5.73 Å². The van der Waals surface area contributed by atoms with Gasteiger partial charge in [0.25, 0.3) is 5.22 Å². The third-order valence-electron chi connectivity index (χ3n) is 2.61. The number of aromatic nitrogens is 1. The van der Waals surface area contributed by atoms with Crippen molar-refractivity contribution in [3.05, 3.63) is 18.2 Å². The van der Waals surface area contributed by atoms with Gasteiger partial charge in [0.1, 0.15) is 16.3 Å². The van der Waals surface area contributed by atoms with E-state index in [0.29, 0.717) is 16.8 Å². The van der Waals surface area contributed by atoms with Crippen LogP contribution >= 0.6 is 0 Å². The molecule has 0 radical (unpaired) electrons. The molecule has 0 aliphatic heterocycles. The normalized spacial score (nSPS) is 13.7. The van der Waals surface area contributed by atoms with E-state index in [2.05, 4.69) is 4.98 Å². The van der Waals surface area contributed by atoms with Gasteiger partial charge < -0.3 is 10.2 Å². The summed E-state index contributed by atoms with van der Waals surface area (Å²) < 4.78 is 39.9. The van der Waals surface area contributed by atoms with Crippen molar-refractivity contribution >= 4 is 37.4 Å². The summed E-state index contributed by atoms with van der Waals surface area (Å²) in [7, 11) is -4.71. The fraction of sp³-hybridized carbons (Fsp3) is 0.364. The zero-order chi connectivity index (χ0) is 14.0. The standard InChI is InChI=1S/C11H14N2O4S2/c1-2-19(15,16)6-5-18(14)11-13-9-4-3-8(12)7-10(9)17-11/h3-4,7H,2,5-6,12H2,1H3. The predicted molar refractivity (Wildman–Crippen MR) is 74.0 cm³/mol. The quantitative estimate of drug-likeness (QED) is 0.825. The molecule has 0 bridgehead atoms. The fourth-order valence-corrected chi connectivity index (χ4v) is 3.92. The summed E-state index contributed by atoms with van der Waals surface area (Å²) in [6.45, 7) is 1.56. The van der Waals surface area contributed by atoms with Crippen molar-refractivity contribution in [2.45, 2.75) is 12.1 Å². The monoisotopic (exact) mass is 302 g/mol. The largest absolute Gasteiger partial charge is 0.430 e. The lowest BCUT2D eigenvalue weighted by Crippen LogP contribution is -2.15. The molecule has 0 saturated heterocycles. The third-order valence-corrected chi connectivity index (χ3v) is 5.71. The number of oxazole rings is 1. The van der Waals surface area contributed by atoms with Crippen molar-refractivity contribution < 1.29 is 17.0 Å². The Morgan fingerprint density at radius 2 is 2.16 bits per heavy atom. The molecule has 6 nitrogen and oxygen atoms in total. The smallest absolute Gasteiger partial charge is 0.287 e. The second-order valence-corrected chi connectivity index (χ2v) is 7.91. The first-order valence-corrected chi connectivity index (χ1v) is 8.80. The highest BCUT2D eigenvalue weighted by Crippen LogP contribution is 2.20. The Kier molecular flexibility index (Phi) is 3.91. The average molecular weight is 302 g/mol. The van der Waals surface area contributed by atoms with Crippen LogP contribution in [0.25, 0.3) is 11.1 Å². The number of hydrogen-bond donors (Lipinski definition) is 1. The highest BCUT2D eigenvalue weighted by Gasteiger charge is 2.16. The summed E-state index contributed by atoms with van der Waals surface area (Å²) in [6, 6.07) is 4.92. The molecule has 2 rings (SSSR count). The van der Waals surface area contributed by atoms with E-state index in [9.17, 15) is 12.6 Å². The molecule has 0 amide bonds.